The molecule has 0 aromatic heterocycles. The first-order chi connectivity index (χ1) is 7.62. The Balaban J connectivity index is 4.41. The molecule has 0 fully saturated rings. The molecule has 0 saturated carbocycles. The van der Waals surface area contributed by atoms with Crippen LogP contribution in [0.25, 0.3) is 0 Å². The van der Waals surface area contributed by atoms with Crippen LogP contribution in [0.15, 0.2) is 0 Å². The van der Waals surface area contributed by atoms with E-state index in [-0.39, 0.29) is 0 Å². The molecule has 0 rings (SSSR count). The van der Waals surface area contributed by atoms with E-state index >= 15 is 0 Å². The summed E-state index contributed by atoms with van der Waals surface area (Å²) in [6.07, 6.45) is 1.24. The highest BCUT2D eigenvalue weighted by atomic mass is 15.2. The Morgan fingerprint density at radius 2 is 1.35 bits per heavy atom. The van der Waals surface area contributed by atoms with Crippen molar-refractivity contribution in [1.29, 1.82) is 0 Å². The third-order valence-electron chi connectivity index (χ3n) is 3.49. The maximum Gasteiger partial charge on any atom is 0.0158 e. The van der Waals surface area contributed by atoms with Crippen LogP contribution in [-0.2, 0) is 0 Å². The Labute approximate surface area is 109 Å². The molecule has 0 radical (unpaired) electrons. The summed E-state index contributed by atoms with van der Waals surface area (Å²) in [5, 5.41) is 0. The SMILES string of the molecule is CCN(C)CCN(CC)C(C)(C)CC(C)(C)C. The van der Waals surface area contributed by atoms with Crippen molar-refractivity contribution < 1.29 is 0 Å². The molecule has 0 aromatic carbocycles. The van der Waals surface area contributed by atoms with Gasteiger partial charge in [-0.15, -0.1) is 0 Å². The minimum absolute atomic E-state index is 0.293. The fraction of sp³-hybridized carbons (Fsp3) is 1.00. The highest BCUT2D eigenvalue weighted by Crippen LogP contribution is 2.30. The van der Waals surface area contributed by atoms with Crippen LogP contribution in [0.2, 0.25) is 0 Å². The molecule has 0 bridgehead atoms. The molecule has 0 aliphatic rings. The smallest absolute Gasteiger partial charge is 0.0158 e. The summed E-state index contributed by atoms with van der Waals surface area (Å²) in [4.78, 5) is 5.00. The lowest BCUT2D eigenvalue weighted by atomic mass is 9.81. The number of hydrogen-bond acceptors (Lipinski definition) is 2. The third-order valence-corrected chi connectivity index (χ3v) is 3.49. The maximum atomic E-state index is 2.62. The van der Waals surface area contributed by atoms with Gasteiger partial charge < -0.3 is 4.90 Å². The summed E-state index contributed by atoms with van der Waals surface area (Å²) in [6.45, 7) is 20.9. The molecule has 17 heavy (non-hydrogen) atoms. The minimum Gasteiger partial charge on any atom is -0.305 e. The number of hydrogen-bond donors (Lipinski definition) is 0. The molecule has 2 heteroatoms. The molecule has 0 heterocycles. The quantitative estimate of drug-likeness (QED) is 0.674. The zero-order chi connectivity index (χ0) is 13.7. The Morgan fingerprint density at radius 1 is 0.824 bits per heavy atom. The molecule has 0 aliphatic heterocycles. The largest absolute Gasteiger partial charge is 0.305 e. The monoisotopic (exact) mass is 242 g/mol. The van der Waals surface area contributed by atoms with E-state index < -0.39 is 0 Å². The molecule has 0 aliphatic carbocycles. The summed E-state index contributed by atoms with van der Waals surface area (Å²) in [5.74, 6) is 0. The normalized spacial score (nSPS) is 13.8. The van der Waals surface area contributed by atoms with E-state index in [2.05, 4.69) is 65.3 Å². The average Bonchev–Trinajstić information content (AvgIpc) is 2.14. The van der Waals surface area contributed by atoms with Crippen LogP contribution in [0, 0.1) is 5.41 Å². The van der Waals surface area contributed by atoms with E-state index in [1.54, 1.807) is 0 Å². The lowest BCUT2D eigenvalue weighted by Crippen LogP contribution is -2.48. The molecule has 0 amide bonds. The average molecular weight is 242 g/mol. The van der Waals surface area contributed by atoms with Crippen molar-refractivity contribution in [3.05, 3.63) is 0 Å². The second-order valence-corrected chi connectivity index (χ2v) is 7.03. The standard InChI is InChI=1S/C15H34N2/c1-9-16(8)11-12-17(10-2)15(6,7)13-14(3,4)5/h9-13H2,1-8H3. The Bertz CT molecular complexity index is 203. The number of rotatable bonds is 7. The number of nitrogens with zero attached hydrogens (tertiary/aromatic N) is 2. The lowest BCUT2D eigenvalue weighted by Gasteiger charge is -2.42. The summed E-state index contributed by atoms with van der Waals surface area (Å²) < 4.78 is 0. The molecule has 104 valence electrons. The fourth-order valence-electron chi connectivity index (χ4n) is 2.75. The number of likely N-dealkylation sites (N-methyl/N-ethyl adjacent to an activating group) is 2. The van der Waals surface area contributed by atoms with Gasteiger partial charge in [0, 0.05) is 18.6 Å². The summed E-state index contributed by atoms with van der Waals surface area (Å²) >= 11 is 0. The summed E-state index contributed by atoms with van der Waals surface area (Å²) in [6, 6.07) is 0. The molecule has 2 nitrogen and oxygen atoms in total. The van der Waals surface area contributed by atoms with Crippen molar-refractivity contribution in [1.82, 2.24) is 9.80 Å². The first-order valence-corrected chi connectivity index (χ1v) is 7.06. The topological polar surface area (TPSA) is 6.48 Å². The van der Waals surface area contributed by atoms with Crippen LogP contribution in [0.3, 0.4) is 0 Å². The van der Waals surface area contributed by atoms with Gasteiger partial charge in [-0.1, -0.05) is 34.6 Å². The first-order valence-electron chi connectivity index (χ1n) is 7.06. The van der Waals surface area contributed by atoms with Gasteiger partial charge in [0.1, 0.15) is 0 Å². The van der Waals surface area contributed by atoms with E-state index in [1.807, 2.05) is 0 Å². The van der Waals surface area contributed by atoms with Gasteiger partial charge in [-0.3, -0.25) is 4.90 Å². The van der Waals surface area contributed by atoms with E-state index in [4.69, 9.17) is 0 Å². The summed E-state index contributed by atoms with van der Waals surface area (Å²) in [5.41, 5.74) is 0.690. The molecule has 0 atom stereocenters. The van der Waals surface area contributed by atoms with Gasteiger partial charge in [0.15, 0.2) is 0 Å². The van der Waals surface area contributed by atoms with Gasteiger partial charge in [0.25, 0.3) is 0 Å². The van der Waals surface area contributed by atoms with Crippen LogP contribution in [0.1, 0.15) is 54.9 Å². The minimum atomic E-state index is 0.293. The van der Waals surface area contributed by atoms with Crippen LogP contribution in [-0.4, -0.2) is 48.6 Å². The molecular weight excluding hydrogens is 208 g/mol. The van der Waals surface area contributed by atoms with Crippen molar-refractivity contribution in [2.24, 2.45) is 5.41 Å². The van der Waals surface area contributed by atoms with E-state index in [9.17, 15) is 0 Å². The van der Waals surface area contributed by atoms with E-state index in [0.29, 0.717) is 11.0 Å². The highest BCUT2D eigenvalue weighted by Gasteiger charge is 2.30. The van der Waals surface area contributed by atoms with Crippen molar-refractivity contribution in [3.63, 3.8) is 0 Å². The van der Waals surface area contributed by atoms with Crippen LogP contribution in [0.4, 0.5) is 0 Å². The predicted molar refractivity (Wildman–Crippen MR) is 78.6 cm³/mol. The van der Waals surface area contributed by atoms with Gasteiger partial charge in [0.2, 0.25) is 0 Å². The Kier molecular flexibility index (Phi) is 6.71. The molecular formula is C15H34N2. The van der Waals surface area contributed by atoms with Crippen molar-refractivity contribution in [2.75, 3.05) is 33.2 Å². The fourth-order valence-corrected chi connectivity index (χ4v) is 2.75. The van der Waals surface area contributed by atoms with Gasteiger partial charge >= 0.3 is 0 Å². The molecule has 0 N–H and O–H groups in total. The highest BCUT2D eigenvalue weighted by molar-refractivity contribution is 4.86. The molecule has 0 spiro atoms. The summed E-state index contributed by atoms with van der Waals surface area (Å²) in [7, 11) is 2.20. The third kappa shape index (κ3) is 7.05. The Morgan fingerprint density at radius 3 is 1.71 bits per heavy atom. The zero-order valence-corrected chi connectivity index (χ0v) is 13.4. The van der Waals surface area contributed by atoms with Gasteiger partial charge in [-0.2, -0.15) is 0 Å². The van der Waals surface area contributed by atoms with E-state index in [0.717, 1.165) is 19.6 Å². The zero-order valence-electron chi connectivity index (χ0n) is 13.4. The van der Waals surface area contributed by atoms with Crippen LogP contribution in [0.5, 0.6) is 0 Å². The van der Waals surface area contributed by atoms with Crippen molar-refractivity contribution in [3.8, 4) is 0 Å². The molecule has 0 unspecified atom stereocenters. The van der Waals surface area contributed by atoms with Gasteiger partial charge in [-0.05, 0) is 45.8 Å². The van der Waals surface area contributed by atoms with Gasteiger partial charge in [-0.25, -0.2) is 0 Å². The maximum absolute atomic E-state index is 2.62. The van der Waals surface area contributed by atoms with Gasteiger partial charge in [0.05, 0.1) is 0 Å². The lowest BCUT2D eigenvalue weighted by molar-refractivity contribution is 0.0740. The first kappa shape index (κ1) is 16.9. The van der Waals surface area contributed by atoms with Crippen molar-refractivity contribution in [2.45, 2.75) is 60.4 Å². The Hall–Kier alpha value is -0.0800. The predicted octanol–water partition coefficient (Wildman–Crippen LogP) is 3.47. The van der Waals surface area contributed by atoms with Crippen molar-refractivity contribution >= 4 is 0 Å². The molecule has 0 saturated heterocycles. The second kappa shape index (κ2) is 6.75. The van der Waals surface area contributed by atoms with Crippen LogP contribution >= 0.6 is 0 Å². The second-order valence-electron chi connectivity index (χ2n) is 7.03. The van der Waals surface area contributed by atoms with E-state index in [1.165, 1.54) is 13.0 Å². The molecule has 0 aromatic rings. The van der Waals surface area contributed by atoms with Crippen LogP contribution < -0.4 is 0 Å².